The van der Waals surface area contributed by atoms with Crippen LogP contribution in [0.4, 0.5) is 4.79 Å². The van der Waals surface area contributed by atoms with Crippen LogP contribution >= 0.6 is 0 Å². The number of amides is 1. The van der Waals surface area contributed by atoms with Crippen molar-refractivity contribution in [3.8, 4) is 0 Å². The van der Waals surface area contributed by atoms with Crippen molar-refractivity contribution >= 4 is 12.1 Å². The Kier molecular flexibility index (Phi) is 12.7. The summed E-state index contributed by atoms with van der Waals surface area (Å²) in [6.07, 6.45) is -0.806. The van der Waals surface area contributed by atoms with Crippen LogP contribution in [0.3, 0.4) is 0 Å². The molecule has 0 aliphatic carbocycles. The fourth-order valence-corrected chi connectivity index (χ4v) is 2.15. The average molecular weight is 427 g/mol. The van der Waals surface area contributed by atoms with E-state index >= 15 is 0 Å². The van der Waals surface area contributed by atoms with Gasteiger partial charge < -0.3 is 34.1 Å². The van der Waals surface area contributed by atoms with Crippen LogP contribution in [-0.2, 0) is 35.1 Å². The fourth-order valence-electron chi connectivity index (χ4n) is 2.15. The standard InChI is InChI=1S/C21H33NO8/c1-21(2,3)30-20(25)22-18(19(23)24)16-29-14-12-27-10-9-26-11-13-28-15-17-7-5-4-6-8-17/h4-8,18H,9-16H2,1-3H3,(H,22,25)(H,23,24)/t18-/m0/s1. The Bertz CT molecular complexity index is 603. The van der Waals surface area contributed by atoms with E-state index < -0.39 is 23.7 Å². The smallest absolute Gasteiger partial charge is 0.408 e. The number of carboxylic acid groups (broad SMARTS) is 1. The van der Waals surface area contributed by atoms with E-state index in [-0.39, 0.29) is 19.8 Å². The molecule has 0 bridgehead atoms. The van der Waals surface area contributed by atoms with Crippen LogP contribution < -0.4 is 5.32 Å². The molecule has 0 fully saturated rings. The van der Waals surface area contributed by atoms with Crippen LogP contribution in [-0.4, -0.2) is 75.1 Å². The van der Waals surface area contributed by atoms with E-state index in [1.54, 1.807) is 20.8 Å². The molecule has 0 unspecified atom stereocenters. The maximum Gasteiger partial charge on any atom is 0.408 e. The van der Waals surface area contributed by atoms with Gasteiger partial charge in [0.25, 0.3) is 0 Å². The summed E-state index contributed by atoms with van der Waals surface area (Å²) in [5.74, 6) is -1.20. The first kappa shape index (κ1) is 25.8. The molecule has 9 heteroatoms. The summed E-state index contributed by atoms with van der Waals surface area (Å²) in [5.41, 5.74) is 0.407. The molecule has 0 aliphatic heterocycles. The van der Waals surface area contributed by atoms with E-state index in [0.29, 0.717) is 33.0 Å². The van der Waals surface area contributed by atoms with Gasteiger partial charge in [-0.3, -0.25) is 0 Å². The van der Waals surface area contributed by atoms with Gasteiger partial charge in [0.15, 0.2) is 6.04 Å². The van der Waals surface area contributed by atoms with Gasteiger partial charge in [-0.15, -0.1) is 0 Å². The fraction of sp³-hybridized carbons (Fsp3) is 0.619. The minimum absolute atomic E-state index is 0.187. The Morgan fingerprint density at radius 1 is 0.900 bits per heavy atom. The van der Waals surface area contributed by atoms with Crippen molar-refractivity contribution in [2.45, 2.75) is 39.0 Å². The van der Waals surface area contributed by atoms with Crippen molar-refractivity contribution in [1.82, 2.24) is 5.32 Å². The monoisotopic (exact) mass is 427 g/mol. The van der Waals surface area contributed by atoms with Crippen molar-refractivity contribution in [3.05, 3.63) is 35.9 Å². The number of carbonyl (C=O) groups is 2. The van der Waals surface area contributed by atoms with Gasteiger partial charge in [0.1, 0.15) is 5.60 Å². The molecule has 170 valence electrons. The van der Waals surface area contributed by atoms with Crippen LogP contribution in [0.2, 0.25) is 0 Å². The number of hydrogen-bond donors (Lipinski definition) is 2. The largest absolute Gasteiger partial charge is 0.480 e. The summed E-state index contributed by atoms with van der Waals surface area (Å²) >= 11 is 0. The zero-order valence-corrected chi connectivity index (χ0v) is 17.9. The van der Waals surface area contributed by atoms with E-state index in [2.05, 4.69) is 5.32 Å². The first-order chi connectivity index (χ1) is 14.3. The predicted octanol–water partition coefficient (Wildman–Crippen LogP) is 2.23. The van der Waals surface area contributed by atoms with Gasteiger partial charge in [0.05, 0.1) is 52.9 Å². The quantitative estimate of drug-likeness (QED) is 0.410. The predicted molar refractivity (Wildman–Crippen MR) is 109 cm³/mol. The third-order valence-corrected chi connectivity index (χ3v) is 3.50. The first-order valence-electron chi connectivity index (χ1n) is 9.85. The van der Waals surface area contributed by atoms with E-state index in [0.717, 1.165) is 5.56 Å². The number of benzene rings is 1. The Hall–Kier alpha value is -2.20. The molecule has 9 nitrogen and oxygen atoms in total. The number of ether oxygens (including phenoxy) is 5. The first-order valence-corrected chi connectivity index (χ1v) is 9.85. The number of carbonyl (C=O) groups excluding carboxylic acids is 1. The third kappa shape index (κ3) is 13.9. The van der Waals surface area contributed by atoms with Crippen molar-refractivity contribution < 1.29 is 38.4 Å². The lowest BCUT2D eigenvalue weighted by Gasteiger charge is -2.22. The molecule has 2 N–H and O–H groups in total. The lowest BCUT2D eigenvalue weighted by molar-refractivity contribution is -0.141. The number of aliphatic carboxylic acids is 1. The summed E-state index contributed by atoms with van der Waals surface area (Å²) < 4.78 is 26.5. The second kappa shape index (κ2) is 14.7. The number of rotatable bonds is 15. The summed E-state index contributed by atoms with van der Waals surface area (Å²) in [6.45, 7) is 7.71. The molecule has 0 radical (unpaired) electrons. The number of alkyl carbamates (subject to hydrolysis) is 1. The number of nitrogens with one attached hydrogen (secondary N) is 1. The van der Waals surface area contributed by atoms with Crippen LogP contribution in [0.15, 0.2) is 30.3 Å². The SMILES string of the molecule is CC(C)(C)OC(=O)N[C@@H](COCCOCCOCCOCc1ccccc1)C(=O)O. The van der Waals surface area contributed by atoms with Gasteiger partial charge in [0, 0.05) is 0 Å². The highest BCUT2D eigenvalue weighted by Gasteiger charge is 2.24. The Morgan fingerprint density at radius 2 is 1.43 bits per heavy atom. The summed E-state index contributed by atoms with van der Waals surface area (Å²) in [7, 11) is 0. The van der Waals surface area contributed by atoms with Crippen LogP contribution in [0.5, 0.6) is 0 Å². The van der Waals surface area contributed by atoms with Gasteiger partial charge in [-0.2, -0.15) is 0 Å². The number of hydrogen-bond acceptors (Lipinski definition) is 7. The van der Waals surface area contributed by atoms with E-state index in [1.807, 2.05) is 30.3 Å². The maximum absolute atomic E-state index is 11.6. The lowest BCUT2D eigenvalue weighted by atomic mass is 10.2. The van der Waals surface area contributed by atoms with Crippen molar-refractivity contribution in [2.75, 3.05) is 46.2 Å². The molecular formula is C21H33NO8. The number of carboxylic acids is 1. The van der Waals surface area contributed by atoms with E-state index in [1.165, 1.54) is 0 Å². The molecule has 0 heterocycles. The highest BCUT2D eigenvalue weighted by atomic mass is 16.6. The Labute approximate surface area is 177 Å². The molecule has 0 aromatic heterocycles. The molecule has 1 rings (SSSR count). The molecule has 1 amide bonds. The molecule has 0 aliphatic rings. The zero-order chi connectivity index (χ0) is 22.2. The Morgan fingerprint density at radius 3 is 1.97 bits per heavy atom. The topological polar surface area (TPSA) is 113 Å². The second-order valence-electron chi connectivity index (χ2n) is 7.37. The van der Waals surface area contributed by atoms with E-state index in [9.17, 15) is 9.59 Å². The normalized spacial score (nSPS) is 12.4. The molecular weight excluding hydrogens is 394 g/mol. The summed E-state index contributed by atoms with van der Waals surface area (Å²) in [4.78, 5) is 22.8. The van der Waals surface area contributed by atoms with Crippen LogP contribution in [0.1, 0.15) is 26.3 Å². The third-order valence-electron chi connectivity index (χ3n) is 3.50. The van der Waals surface area contributed by atoms with Crippen molar-refractivity contribution in [2.24, 2.45) is 0 Å². The molecule has 0 saturated heterocycles. The van der Waals surface area contributed by atoms with Crippen molar-refractivity contribution in [1.29, 1.82) is 0 Å². The molecule has 0 saturated carbocycles. The average Bonchev–Trinajstić information content (AvgIpc) is 2.67. The zero-order valence-electron chi connectivity index (χ0n) is 17.9. The van der Waals surface area contributed by atoms with Gasteiger partial charge in [-0.25, -0.2) is 9.59 Å². The maximum atomic E-state index is 11.6. The van der Waals surface area contributed by atoms with Gasteiger partial charge in [-0.05, 0) is 26.3 Å². The van der Waals surface area contributed by atoms with E-state index in [4.69, 9.17) is 28.8 Å². The summed E-state index contributed by atoms with van der Waals surface area (Å²) in [6, 6.07) is 8.71. The lowest BCUT2D eigenvalue weighted by Crippen LogP contribution is -2.46. The highest BCUT2D eigenvalue weighted by molar-refractivity contribution is 5.80. The molecule has 30 heavy (non-hydrogen) atoms. The minimum Gasteiger partial charge on any atom is -0.480 e. The summed E-state index contributed by atoms with van der Waals surface area (Å²) in [5, 5.41) is 11.4. The minimum atomic E-state index is -1.20. The highest BCUT2D eigenvalue weighted by Crippen LogP contribution is 2.07. The Balaban J connectivity index is 1.97. The molecule has 1 aromatic rings. The molecule has 1 atom stereocenters. The molecule has 1 aromatic carbocycles. The molecule has 0 spiro atoms. The van der Waals surface area contributed by atoms with Crippen molar-refractivity contribution in [3.63, 3.8) is 0 Å². The van der Waals surface area contributed by atoms with Crippen LogP contribution in [0, 0.1) is 0 Å². The van der Waals surface area contributed by atoms with Gasteiger partial charge >= 0.3 is 12.1 Å². The second-order valence-corrected chi connectivity index (χ2v) is 7.37. The van der Waals surface area contributed by atoms with Gasteiger partial charge in [0.2, 0.25) is 0 Å². The van der Waals surface area contributed by atoms with Crippen LogP contribution in [0.25, 0.3) is 0 Å². The van der Waals surface area contributed by atoms with Gasteiger partial charge in [-0.1, -0.05) is 30.3 Å².